The van der Waals surface area contributed by atoms with Crippen LogP contribution in [-0.4, -0.2) is 26.6 Å². The minimum atomic E-state index is -0.692. The Kier molecular flexibility index (Phi) is 6.08. The van der Waals surface area contributed by atoms with Gasteiger partial charge in [0.15, 0.2) is 0 Å². The van der Waals surface area contributed by atoms with Gasteiger partial charge in [-0.1, -0.05) is 40.2 Å². The highest BCUT2D eigenvalue weighted by Gasteiger charge is 2.34. The zero-order chi connectivity index (χ0) is 22.0. The lowest BCUT2D eigenvalue weighted by Crippen LogP contribution is -2.25. The van der Waals surface area contributed by atoms with E-state index in [-0.39, 0.29) is 5.91 Å². The molecule has 1 aromatic heterocycles. The summed E-state index contributed by atoms with van der Waals surface area (Å²) in [4.78, 5) is 12.3. The van der Waals surface area contributed by atoms with Gasteiger partial charge in [-0.05, 0) is 49.7 Å². The second-order valence-electron chi connectivity index (χ2n) is 7.37. The molecule has 160 valence electrons. The first kappa shape index (κ1) is 21.1. The maximum atomic E-state index is 12.3. The van der Waals surface area contributed by atoms with Crippen molar-refractivity contribution in [2.24, 2.45) is 5.10 Å². The van der Waals surface area contributed by atoms with Gasteiger partial charge in [-0.2, -0.15) is 10.1 Å². The van der Waals surface area contributed by atoms with Crippen LogP contribution in [0.1, 0.15) is 35.7 Å². The summed E-state index contributed by atoms with van der Waals surface area (Å²) in [6.45, 7) is 6.12. The molecular formula is C23H23BrN4O3. The van der Waals surface area contributed by atoms with E-state index in [2.05, 4.69) is 26.1 Å². The fourth-order valence-corrected chi connectivity index (χ4v) is 3.89. The normalized spacial score (nSPS) is 15.5. The van der Waals surface area contributed by atoms with Gasteiger partial charge in [-0.3, -0.25) is 9.48 Å². The number of amides is 1. The van der Waals surface area contributed by atoms with Crippen molar-refractivity contribution < 1.29 is 14.3 Å². The van der Waals surface area contributed by atoms with Crippen molar-refractivity contribution >= 4 is 27.7 Å². The number of benzene rings is 2. The van der Waals surface area contributed by atoms with Crippen LogP contribution >= 0.6 is 15.9 Å². The largest absolute Gasteiger partial charge is 0.488 e. The van der Waals surface area contributed by atoms with Crippen LogP contribution in [-0.2, 0) is 22.7 Å². The van der Waals surface area contributed by atoms with E-state index in [9.17, 15) is 4.79 Å². The second-order valence-corrected chi connectivity index (χ2v) is 8.28. The Balaban J connectivity index is 1.55. The van der Waals surface area contributed by atoms with Crippen molar-refractivity contribution in [1.82, 2.24) is 14.8 Å². The van der Waals surface area contributed by atoms with Crippen LogP contribution in [0.3, 0.4) is 0 Å². The number of aryl methyl sites for hydroxylation is 2. The summed E-state index contributed by atoms with van der Waals surface area (Å²) in [6.07, 6.45) is -0.692. The van der Waals surface area contributed by atoms with E-state index in [1.165, 1.54) is 11.9 Å². The zero-order valence-electron chi connectivity index (χ0n) is 17.6. The van der Waals surface area contributed by atoms with Crippen molar-refractivity contribution in [2.75, 3.05) is 0 Å². The number of ether oxygens (including phenoxy) is 2. The molecule has 2 aromatic carbocycles. The smallest absolute Gasteiger partial charge is 0.243 e. The first-order valence-corrected chi connectivity index (χ1v) is 10.7. The Bertz CT molecular complexity index is 1140. The number of rotatable bonds is 6. The molecule has 0 saturated heterocycles. The predicted octanol–water partition coefficient (Wildman–Crippen LogP) is 4.73. The molecule has 0 radical (unpaired) electrons. The van der Waals surface area contributed by atoms with Crippen LogP contribution in [0.5, 0.6) is 5.75 Å². The number of carbonyl (C=O) groups is 1. The summed E-state index contributed by atoms with van der Waals surface area (Å²) >= 11 is 3.48. The van der Waals surface area contributed by atoms with Crippen LogP contribution in [0.4, 0.5) is 0 Å². The first-order chi connectivity index (χ1) is 14.9. The average molecular weight is 483 g/mol. The van der Waals surface area contributed by atoms with E-state index >= 15 is 0 Å². The molecule has 0 aliphatic carbocycles. The van der Waals surface area contributed by atoms with Gasteiger partial charge in [0.1, 0.15) is 18.9 Å². The molecule has 0 N–H and O–H groups in total. The van der Waals surface area contributed by atoms with E-state index in [1.807, 2.05) is 73.1 Å². The van der Waals surface area contributed by atoms with Crippen molar-refractivity contribution in [2.45, 2.75) is 40.2 Å². The van der Waals surface area contributed by atoms with Crippen LogP contribution in [0.25, 0.3) is 0 Å². The number of hydrazone groups is 1. The first-order valence-electron chi connectivity index (χ1n) is 9.92. The van der Waals surface area contributed by atoms with Crippen molar-refractivity contribution in [3.8, 4) is 5.75 Å². The molecule has 31 heavy (non-hydrogen) atoms. The summed E-state index contributed by atoms with van der Waals surface area (Å²) in [5.74, 6) is 0.852. The third kappa shape index (κ3) is 4.80. The third-order valence-electron chi connectivity index (χ3n) is 4.87. The standard InChI is InChI=1S/C23H23BrN4O3/c1-15-11-16(2)27(25-15)13-22-26-28(17(3)29)23(31-22)20-9-4-5-10-21(20)30-14-18-7-6-8-19(24)12-18/h4-12,23H,13-14H2,1-3H3/t23-/m1/s1. The maximum absolute atomic E-state index is 12.3. The molecule has 0 spiro atoms. The van der Waals surface area contributed by atoms with Gasteiger partial charge < -0.3 is 9.47 Å². The van der Waals surface area contributed by atoms with E-state index in [1.54, 1.807) is 0 Å². The lowest BCUT2D eigenvalue weighted by molar-refractivity contribution is -0.135. The quantitative estimate of drug-likeness (QED) is 0.509. The number of para-hydroxylation sites is 1. The summed E-state index contributed by atoms with van der Waals surface area (Å²) in [5, 5.41) is 10.2. The van der Waals surface area contributed by atoms with E-state index in [0.717, 1.165) is 27.0 Å². The van der Waals surface area contributed by atoms with Gasteiger partial charge in [-0.25, -0.2) is 0 Å². The van der Waals surface area contributed by atoms with Gasteiger partial charge in [0.05, 0.1) is 11.3 Å². The molecule has 7 nitrogen and oxygen atoms in total. The molecule has 1 amide bonds. The Morgan fingerprint density at radius 3 is 2.68 bits per heavy atom. The van der Waals surface area contributed by atoms with Crippen molar-refractivity contribution in [3.63, 3.8) is 0 Å². The minimum absolute atomic E-state index is 0.213. The molecule has 2 heterocycles. The topological polar surface area (TPSA) is 69.0 Å². The summed E-state index contributed by atoms with van der Waals surface area (Å²) in [5.41, 5.74) is 3.68. The van der Waals surface area contributed by atoms with E-state index in [0.29, 0.717) is 24.8 Å². The molecule has 1 atom stereocenters. The van der Waals surface area contributed by atoms with Crippen LogP contribution in [0.15, 0.2) is 64.2 Å². The van der Waals surface area contributed by atoms with Gasteiger partial charge in [0, 0.05) is 17.1 Å². The second kappa shape index (κ2) is 8.93. The van der Waals surface area contributed by atoms with Crippen LogP contribution in [0.2, 0.25) is 0 Å². The molecular weight excluding hydrogens is 460 g/mol. The average Bonchev–Trinajstić information content (AvgIpc) is 3.29. The number of hydrogen-bond acceptors (Lipinski definition) is 5. The fraction of sp³-hybridized carbons (Fsp3) is 0.261. The summed E-state index contributed by atoms with van der Waals surface area (Å²) in [6, 6.07) is 17.5. The number of carbonyl (C=O) groups excluding carboxylic acids is 1. The summed E-state index contributed by atoms with van der Waals surface area (Å²) < 4.78 is 15.0. The fourth-order valence-electron chi connectivity index (χ4n) is 3.44. The van der Waals surface area contributed by atoms with E-state index in [4.69, 9.17) is 9.47 Å². The number of hydrogen-bond donors (Lipinski definition) is 0. The zero-order valence-corrected chi connectivity index (χ0v) is 19.2. The Morgan fingerprint density at radius 1 is 1.16 bits per heavy atom. The highest BCUT2D eigenvalue weighted by molar-refractivity contribution is 9.10. The molecule has 1 aliphatic heterocycles. The van der Waals surface area contributed by atoms with E-state index < -0.39 is 6.23 Å². The Morgan fingerprint density at radius 2 is 1.97 bits per heavy atom. The van der Waals surface area contributed by atoms with Crippen molar-refractivity contribution in [1.29, 1.82) is 0 Å². The lowest BCUT2D eigenvalue weighted by Gasteiger charge is -2.22. The highest BCUT2D eigenvalue weighted by atomic mass is 79.9. The monoisotopic (exact) mass is 482 g/mol. The molecule has 1 aliphatic rings. The third-order valence-corrected chi connectivity index (χ3v) is 5.36. The van der Waals surface area contributed by atoms with Gasteiger partial charge in [-0.15, -0.1) is 5.10 Å². The highest BCUT2D eigenvalue weighted by Crippen LogP contribution is 2.35. The van der Waals surface area contributed by atoms with Crippen molar-refractivity contribution in [3.05, 3.63) is 81.6 Å². The van der Waals surface area contributed by atoms with Crippen LogP contribution < -0.4 is 4.74 Å². The maximum Gasteiger partial charge on any atom is 0.243 e. The molecule has 3 aromatic rings. The molecule has 8 heteroatoms. The van der Waals surface area contributed by atoms with Gasteiger partial charge >= 0.3 is 0 Å². The van der Waals surface area contributed by atoms with Gasteiger partial charge in [0.25, 0.3) is 0 Å². The molecule has 0 saturated carbocycles. The number of aromatic nitrogens is 2. The Labute approximate surface area is 189 Å². The van der Waals surface area contributed by atoms with Crippen LogP contribution in [0, 0.1) is 13.8 Å². The Hall–Kier alpha value is -3.13. The molecule has 0 bridgehead atoms. The molecule has 4 rings (SSSR count). The minimum Gasteiger partial charge on any atom is -0.488 e. The lowest BCUT2D eigenvalue weighted by atomic mass is 10.1. The number of nitrogens with zero attached hydrogens (tertiary/aromatic N) is 4. The van der Waals surface area contributed by atoms with Gasteiger partial charge in [0.2, 0.25) is 18.0 Å². The SMILES string of the molecule is CC(=O)N1N=C(Cn2nc(C)cc2C)O[C@@H]1c1ccccc1OCc1cccc(Br)c1. The summed E-state index contributed by atoms with van der Waals surface area (Å²) in [7, 11) is 0. The predicted molar refractivity (Wildman–Crippen MR) is 120 cm³/mol. The molecule has 0 unspecified atom stereocenters. The molecule has 0 fully saturated rings. The number of halogens is 1.